The summed E-state index contributed by atoms with van der Waals surface area (Å²) in [6.45, 7) is 2.48. The Kier molecular flexibility index (Phi) is 4.83. The van der Waals surface area contributed by atoms with E-state index in [1.807, 2.05) is 43.3 Å². The number of rotatable bonds is 4. The first kappa shape index (κ1) is 21.6. The van der Waals surface area contributed by atoms with Crippen molar-refractivity contribution in [2.24, 2.45) is 0 Å². The molecule has 1 atom stereocenters. The molecule has 6 nitrogen and oxygen atoms in total. The topological polar surface area (TPSA) is 70.8 Å². The number of halogens is 1. The van der Waals surface area contributed by atoms with Crippen molar-refractivity contribution in [1.29, 1.82) is 0 Å². The van der Waals surface area contributed by atoms with Crippen molar-refractivity contribution in [2.75, 3.05) is 11.4 Å². The van der Waals surface area contributed by atoms with Gasteiger partial charge in [-0.05, 0) is 36.2 Å². The minimum atomic E-state index is -1.64. The van der Waals surface area contributed by atoms with Crippen molar-refractivity contribution in [3.05, 3.63) is 110 Å². The maximum atomic E-state index is 14.4. The molecule has 0 saturated carbocycles. The summed E-state index contributed by atoms with van der Waals surface area (Å²) in [7, 11) is 0. The lowest BCUT2D eigenvalue weighted by atomic mass is 9.83. The van der Waals surface area contributed by atoms with Crippen LogP contribution in [0.3, 0.4) is 0 Å². The van der Waals surface area contributed by atoms with E-state index in [2.05, 4.69) is 0 Å². The zero-order chi connectivity index (χ0) is 24.3. The SMILES string of the molecule is CCCN1C(=O)C2(c3ccccc31)c1c(oc3ccccc3c1=O)C(=O)N2Cc1ccccc1Cl. The van der Waals surface area contributed by atoms with Crippen molar-refractivity contribution in [3.8, 4) is 0 Å². The van der Waals surface area contributed by atoms with Crippen LogP contribution in [0, 0.1) is 0 Å². The smallest absolute Gasteiger partial charge is 0.291 e. The number of hydrogen-bond acceptors (Lipinski definition) is 4. The second-order valence-electron chi connectivity index (χ2n) is 8.80. The van der Waals surface area contributed by atoms with Crippen LogP contribution in [0.5, 0.6) is 0 Å². The Morgan fingerprint density at radius 3 is 2.43 bits per heavy atom. The predicted octanol–water partition coefficient (Wildman–Crippen LogP) is 5.10. The van der Waals surface area contributed by atoms with E-state index in [4.69, 9.17) is 16.0 Å². The van der Waals surface area contributed by atoms with Crippen LogP contribution in [-0.2, 0) is 16.9 Å². The number of amides is 2. The van der Waals surface area contributed by atoms with E-state index in [-0.39, 0.29) is 29.2 Å². The van der Waals surface area contributed by atoms with Crippen LogP contribution in [0.15, 0.2) is 82.0 Å². The Labute approximate surface area is 206 Å². The molecule has 0 bridgehead atoms. The number of carbonyl (C=O) groups excluding carboxylic acids is 2. The fourth-order valence-electron chi connectivity index (χ4n) is 5.40. The Morgan fingerprint density at radius 1 is 0.914 bits per heavy atom. The fraction of sp³-hybridized carbons (Fsp3) is 0.179. The normalized spacial score (nSPS) is 18.6. The summed E-state index contributed by atoms with van der Waals surface area (Å²) in [6, 6.07) is 21.3. The van der Waals surface area contributed by atoms with Gasteiger partial charge in [-0.2, -0.15) is 0 Å². The lowest BCUT2D eigenvalue weighted by Crippen LogP contribution is -2.53. The van der Waals surface area contributed by atoms with Gasteiger partial charge in [0.05, 0.1) is 16.6 Å². The van der Waals surface area contributed by atoms with Gasteiger partial charge in [0.25, 0.3) is 11.8 Å². The van der Waals surface area contributed by atoms with Gasteiger partial charge in [-0.1, -0.05) is 67.1 Å². The second-order valence-corrected chi connectivity index (χ2v) is 9.21. The lowest BCUT2D eigenvalue weighted by molar-refractivity contribution is -0.126. The van der Waals surface area contributed by atoms with Crippen LogP contribution in [-0.4, -0.2) is 23.3 Å². The molecule has 0 radical (unpaired) electrons. The van der Waals surface area contributed by atoms with Gasteiger partial charge in [-0.3, -0.25) is 14.4 Å². The minimum Gasteiger partial charge on any atom is -0.450 e. The average molecular weight is 485 g/mol. The summed E-state index contributed by atoms with van der Waals surface area (Å²) in [4.78, 5) is 45.5. The highest BCUT2D eigenvalue weighted by molar-refractivity contribution is 6.31. The molecule has 1 aromatic heterocycles. The average Bonchev–Trinajstić information content (AvgIpc) is 3.26. The van der Waals surface area contributed by atoms with Crippen LogP contribution in [0.4, 0.5) is 5.69 Å². The molecule has 2 aliphatic heterocycles. The zero-order valence-corrected chi connectivity index (χ0v) is 19.7. The van der Waals surface area contributed by atoms with E-state index < -0.39 is 11.4 Å². The molecule has 4 aromatic rings. The summed E-state index contributed by atoms with van der Waals surface area (Å²) < 4.78 is 6.05. The molecule has 0 fully saturated rings. The summed E-state index contributed by atoms with van der Waals surface area (Å²) in [5.74, 6) is -0.936. The third-order valence-electron chi connectivity index (χ3n) is 6.88. The van der Waals surface area contributed by atoms with Crippen molar-refractivity contribution in [1.82, 2.24) is 4.90 Å². The third-order valence-corrected chi connectivity index (χ3v) is 7.25. The first-order valence-corrected chi connectivity index (χ1v) is 11.9. The summed E-state index contributed by atoms with van der Waals surface area (Å²) in [6.07, 6.45) is 0.716. The molecule has 2 amide bonds. The molecule has 35 heavy (non-hydrogen) atoms. The highest BCUT2D eigenvalue weighted by Gasteiger charge is 2.64. The van der Waals surface area contributed by atoms with Crippen LogP contribution >= 0.6 is 11.6 Å². The van der Waals surface area contributed by atoms with E-state index in [0.717, 1.165) is 0 Å². The molecule has 174 valence electrons. The molecule has 1 unspecified atom stereocenters. The van der Waals surface area contributed by atoms with Gasteiger partial charge in [-0.25, -0.2) is 0 Å². The first-order valence-electron chi connectivity index (χ1n) is 11.5. The van der Waals surface area contributed by atoms with Crippen LogP contribution < -0.4 is 10.3 Å². The Hall–Kier alpha value is -3.90. The Bertz CT molecular complexity index is 1590. The van der Waals surface area contributed by atoms with Crippen LogP contribution in [0.25, 0.3) is 11.0 Å². The zero-order valence-electron chi connectivity index (χ0n) is 19.0. The second kappa shape index (κ2) is 7.82. The number of benzene rings is 3. The molecule has 6 rings (SSSR count). The molecular formula is C28H21ClN2O4. The number of hydrogen-bond donors (Lipinski definition) is 0. The summed E-state index contributed by atoms with van der Waals surface area (Å²) in [5.41, 5.74) is 0.330. The van der Waals surface area contributed by atoms with Gasteiger partial charge in [0.15, 0.2) is 11.0 Å². The van der Waals surface area contributed by atoms with Crippen molar-refractivity contribution < 1.29 is 14.0 Å². The van der Waals surface area contributed by atoms with Crippen molar-refractivity contribution in [3.63, 3.8) is 0 Å². The molecule has 2 aliphatic rings. The van der Waals surface area contributed by atoms with Crippen LogP contribution in [0.1, 0.15) is 40.6 Å². The highest BCUT2D eigenvalue weighted by Crippen LogP contribution is 2.53. The lowest BCUT2D eigenvalue weighted by Gasteiger charge is -2.34. The van der Waals surface area contributed by atoms with Crippen molar-refractivity contribution in [2.45, 2.75) is 25.4 Å². The maximum absolute atomic E-state index is 14.4. The number of nitrogens with zero attached hydrogens (tertiary/aromatic N) is 2. The molecule has 0 N–H and O–H groups in total. The van der Waals surface area contributed by atoms with E-state index in [1.54, 1.807) is 41.3 Å². The number of anilines is 1. The van der Waals surface area contributed by atoms with Gasteiger partial charge in [0.1, 0.15) is 5.58 Å². The number of fused-ring (bicyclic) bond motifs is 5. The molecule has 3 aromatic carbocycles. The first-order chi connectivity index (χ1) is 17.0. The monoisotopic (exact) mass is 484 g/mol. The standard InChI is InChI=1S/C28H21ClN2O4/c1-2-15-30-21-13-7-5-11-19(21)28(27(30)34)23-24(32)18-10-4-8-14-22(18)35-25(23)26(33)31(28)16-17-9-3-6-12-20(17)29/h3-14H,2,15-16H2,1H3. The summed E-state index contributed by atoms with van der Waals surface area (Å²) in [5, 5.41) is 0.803. The Morgan fingerprint density at radius 2 is 1.63 bits per heavy atom. The predicted molar refractivity (Wildman–Crippen MR) is 134 cm³/mol. The fourth-order valence-corrected chi connectivity index (χ4v) is 5.60. The molecular weight excluding hydrogens is 464 g/mol. The Balaban J connectivity index is 1.71. The molecule has 0 aliphatic carbocycles. The molecule has 1 spiro atoms. The van der Waals surface area contributed by atoms with E-state index >= 15 is 0 Å². The van der Waals surface area contributed by atoms with Crippen molar-refractivity contribution >= 4 is 40.1 Å². The minimum absolute atomic E-state index is 0.0402. The van der Waals surface area contributed by atoms with Gasteiger partial charge < -0.3 is 14.2 Å². The number of para-hydroxylation sites is 2. The van der Waals surface area contributed by atoms with Gasteiger partial charge in [0.2, 0.25) is 5.76 Å². The molecule has 3 heterocycles. The molecule has 7 heteroatoms. The maximum Gasteiger partial charge on any atom is 0.291 e. The van der Waals surface area contributed by atoms with Gasteiger partial charge >= 0.3 is 0 Å². The van der Waals surface area contributed by atoms with Gasteiger partial charge in [-0.15, -0.1) is 0 Å². The quantitative estimate of drug-likeness (QED) is 0.404. The largest absolute Gasteiger partial charge is 0.450 e. The molecule has 0 saturated heterocycles. The van der Waals surface area contributed by atoms with Crippen LogP contribution in [0.2, 0.25) is 5.02 Å². The van der Waals surface area contributed by atoms with E-state index in [0.29, 0.717) is 45.8 Å². The van der Waals surface area contributed by atoms with Gasteiger partial charge in [0, 0.05) is 23.7 Å². The number of carbonyl (C=O) groups is 2. The highest BCUT2D eigenvalue weighted by atomic mass is 35.5. The van der Waals surface area contributed by atoms with E-state index in [9.17, 15) is 14.4 Å². The summed E-state index contributed by atoms with van der Waals surface area (Å²) >= 11 is 6.47. The third kappa shape index (κ3) is 2.80. The van der Waals surface area contributed by atoms with E-state index in [1.165, 1.54) is 4.90 Å².